The smallest absolute Gasteiger partial charge is 0.268 e. The molecule has 5 heteroatoms. The van der Waals surface area contributed by atoms with Crippen LogP contribution in [0.1, 0.15) is 23.2 Å². The molecule has 1 aliphatic rings. The van der Waals surface area contributed by atoms with Gasteiger partial charge in [-0.25, -0.2) is 9.36 Å². The van der Waals surface area contributed by atoms with E-state index in [1.165, 1.54) is 15.4 Å². The van der Waals surface area contributed by atoms with Crippen LogP contribution in [0.5, 0.6) is 0 Å². The molecule has 4 nitrogen and oxygen atoms in total. The molecule has 1 aliphatic heterocycles. The van der Waals surface area contributed by atoms with Gasteiger partial charge in [0.2, 0.25) is 0 Å². The average molecular weight is 351 g/mol. The number of benzene rings is 2. The molecule has 0 saturated heterocycles. The van der Waals surface area contributed by atoms with Gasteiger partial charge in [-0.15, -0.1) is 0 Å². The number of aromatic nitrogens is 2. The van der Waals surface area contributed by atoms with Crippen molar-refractivity contribution in [3.05, 3.63) is 116 Å². The second-order valence-electron chi connectivity index (χ2n) is 5.92. The number of allylic oxidation sites excluding steroid dienone is 2. The van der Waals surface area contributed by atoms with Gasteiger partial charge in [0.25, 0.3) is 11.1 Å². The third kappa shape index (κ3) is 2.65. The van der Waals surface area contributed by atoms with Crippen LogP contribution in [0.4, 0.5) is 0 Å². The Morgan fingerprint density at radius 2 is 1.20 bits per heavy atom. The van der Waals surface area contributed by atoms with Crippen LogP contribution >= 0.6 is 11.6 Å². The zero-order valence-electron chi connectivity index (χ0n) is 13.2. The fourth-order valence-corrected chi connectivity index (χ4v) is 3.44. The Hall–Kier alpha value is -2.85. The van der Waals surface area contributed by atoms with Crippen LogP contribution in [-0.2, 0) is 0 Å². The molecular formula is C20H15ClN2O2. The van der Waals surface area contributed by atoms with Crippen molar-refractivity contribution in [1.82, 2.24) is 9.36 Å². The lowest BCUT2D eigenvalue weighted by molar-refractivity contribution is 0.383. The van der Waals surface area contributed by atoms with Gasteiger partial charge < -0.3 is 0 Å². The largest absolute Gasteiger partial charge is 0.285 e. The van der Waals surface area contributed by atoms with Gasteiger partial charge in [0.1, 0.15) is 5.02 Å². The number of fused-ring (bicyclic) bond motifs is 1. The summed E-state index contributed by atoms with van der Waals surface area (Å²) in [7, 11) is 0. The van der Waals surface area contributed by atoms with Crippen LogP contribution in [0.15, 0.2) is 88.5 Å². The summed E-state index contributed by atoms with van der Waals surface area (Å²) >= 11 is 6.03. The summed E-state index contributed by atoms with van der Waals surface area (Å²) in [4.78, 5) is 25.4. The van der Waals surface area contributed by atoms with Crippen molar-refractivity contribution in [3.8, 4) is 0 Å². The summed E-state index contributed by atoms with van der Waals surface area (Å²) in [5.41, 5.74) is 1.18. The highest BCUT2D eigenvalue weighted by atomic mass is 35.5. The van der Waals surface area contributed by atoms with Gasteiger partial charge in [0, 0.05) is 6.07 Å². The molecule has 0 amide bonds. The summed E-state index contributed by atoms with van der Waals surface area (Å²) in [5, 5.41) is -0.0655. The predicted molar refractivity (Wildman–Crippen MR) is 98.3 cm³/mol. The monoisotopic (exact) mass is 350 g/mol. The van der Waals surface area contributed by atoms with Crippen LogP contribution in [0.25, 0.3) is 0 Å². The molecule has 0 aliphatic carbocycles. The highest BCUT2D eigenvalue weighted by Crippen LogP contribution is 2.28. The van der Waals surface area contributed by atoms with Crippen molar-refractivity contribution in [2.45, 2.75) is 12.1 Å². The maximum Gasteiger partial charge on any atom is 0.285 e. The van der Waals surface area contributed by atoms with Gasteiger partial charge in [-0.05, 0) is 11.1 Å². The minimum atomic E-state index is -0.375. The summed E-state index contributed by atoms with van der Waals surface area (Å²) in [5.74, 6) is 0. The van der Waals surface area contributed by atoms with E-state index in [2.05, 4.69) is 0 Å². The van der Waals surface area contributed by atoms with E-state index in [-0.39, 0.29) is 28.2 Å². The molecule has 1 aromatic heterocycles. The van der Waals surface area contributed by atoms with Gasteiger partial charge in [-0.2, -0.15) is 0 Å². The highest BCUT2D eigenvalue weighted by Gasteiger charge is 2.27. The molecule has 2 atom stereocenters. The van der Waals surface area contributed by atoms with Crippen LogP contribution < -0.4 is 11.1 Å². The molecule has 3 aromatic rings. The summed E-state index contributed by atoms with van der Waals surface area (Å²) in [6.45, 7) is 0. The van der Waals surface area contributed by atoms with Crippen molar-refractivity contribution in [1.29, 1.82) is 0 Å². The molecule has 2 heterocycles. The Balaban J connectivity index is 2.00. The zero-order valence-corrected chi connectivity index (χ0v) is 14.0. The first kappa shape index (κ1) is 15.7. The van der Waals surface area contributed by atoms with Crippen LogP contribution in [-0.4, -0.2) is 9.36 Å². The molecule has 4 rings (SSSR count). The summed E-state index contributed by atoms with van der Waals surface area (Å²) in [6, 6.07) is 19.7. The van der Waals surface area contributed by atoms with Crippen LogP contribution in [0, 0.1) is 0 Å². The first-order valence-corrected chi connectivity index (χ1v) is 8.36. The quantitative estimate of drug-likeness (QED) is 0.665. The molecule has 2 unspecified atom stereocenters. The van der Waals surface area contributed by atoms with Crippen LogP contribution in [0.2, 0.25) is 5.02 Å². The Morgan fingerprint density at radius 1 is 0.720 bits per heavy atom. The first-order chi connectivity index (χ1) is 12.2. The number of hydrogen-bond acceptors (Lipinski definition) is 2. The average Bonchev–Trinajstić information content (AvgIpc) is 2.66. The SMILES string of the molecule is O=c1cc(Cl)c(=O)n2n1C(c1ccccc1)C=CC2c1ccccc1. The van der Waals surface area contributed by atoms with Gasteiger partial charge in [0.05, 0.1) is 12.1 Å². The number of rotatable bonds is 2. The van der Waals surface area contributed by atoms with E-state index in [0.29, 0.717) is 0 Å². The number of nitrogens with zero attached hydrogens (tertiary/aromatic N) is 2. The molecule has 0 spiro atoms. The third-order valence-corrected chi connectivity index (χ3v) is 4.68. The Morgan fingerprint density at radius 3 is 1.72 bits per heavy atom. The Kier molecular flexibility index (Phi) is 3.90. The Labute approximate surface area is 149 Å². The van der Waals surface area contributed by atoms with Gasteiger partial charge >= 0.3 is 0 Å². The third-order valence-electron chi connectivity index (χ3n) is 4.41. The summed E-state index contributed by atoms with van der Waals surface area (Å²) < 4.78 is 2.94. The minimum Gasteiger partial charge on any atom is -0.268 e. The molecule has 0 saturated carbocycles. The van der Waals surface area contributed by atoms with E-state index >= 15 is 0 Å². The maximum absolute atomic E-state index is 12.8. The van der Waals surface area contributed by atoms with Crippen molar-refractivity contribution >= 4 is 11.6 Å². The fourth-order valence-electron chi connectivity index (χ4n) is 3.26. The van der Waals surface area contributed by atoms with Gasteiger partial charge in [0.15, 0.2) is 0 Å². The van der Waals surface area contributed by atoms with E-state index in [1.807, 2.05) is 72.8 Å². The van der Waals surface area contributed by atoms with Crippen LogP contribution in [0.3, 0.4) is 0 Å². The Bertz CT molecular complexity index is 1050. The van der Waals surface area contributed by atoms with E-state index in [0.717, 1.165) is 11.1 Å². The number of halogens is 1. The molecule has 0 bridgehead atoms. The second-order valence-corrected chi connectivity index (χ2v) is 6.33. The molecule has 0 radical (unpaired) electrons. The lowest BCUT2D eigenvalue weighted by atomic mass is 10.00. The van der Waals surface area contributed by atoms with Gasteiger partial charge in [-0.1, -0.05) is 84.4 Å². The maximum atomic E-state index is 12.8. The molecule has 0 N–H and O–H groups in total. The molecule has 2 aromatic carbocycles. The summed E-state index contributed by atoms with van der Waals surface area (Å²) in [6.07, 6.45) is 3.91. The lowest BCUT2D eigenvalue weighted by Gasteiger charge is -2.31. The number of hydrogen-bond donors (Lipinski definition) is 0. The molecule has 25 heavy (non-hydrogen) atoms. The van der Waals surface area contributed by atoms with E-state index in [4.69, 9.17) is 11.6 Å². The predicted octanol–water partition coefficient (Wildman–Crippen LogP) is 3.41. The van der Waals surface area contributed by atoms with E-state index in [1.54, 1.807) is 0 Å². The van der Waals surface area contributed by atoms with E-state index < -0.39 is 0 Å². The minimum absolute atomic E-state index is 0.0655. The normalized spacial score (nSPS) is 18.8. The van der Waals surface area contributed by atoms with Gasteiger partial charge in [-0.3, -0.25) is 9.59 Å². The van der Waals surface area contributed by atoms with Crippen molar-refractivity contribution < 1.29 is 0 Å². The van der Waals surface area contributed by atoms with Crippen molar-refractivity contribution in [3.63, 3.8) is 0 Å². The standard InChI is InChI=1S/C20H15ClN2O2/c21-16-13-19(24)22-17(14-7-3-1-4-8-14)11-12-18(23(22)20(16)25)15-9-5-2-6-10-15/h1-13,17-18H. The van der Waals surface area contributed by atoms with E-state index in [9.17, 15) is 9.59 Å². The second kappa shape index (κ2) is 6.22. The zero-order chi connectivity index (χ0) is 17.4. The topological polar surface area (TPSA) is 44.0 Å². The van der Waals surface area contributed by atoms with Crippen molar-refractivity contribution in [2.24, 2.45) is 0 Å². The fraction of sp³-hybridized carbons (Fsp3) is 0.100. The van der Waals surface area contributed by atoms with Crippen molar-refractivity contribution in [2.75, 3.05) is 0 Å². The molecular weight excluding hydrogens is 336 g/mol. The molecule has 0 fully saturated rings. The molecule has 124 valence electrons. The first-order valence-electron chi connectivity index (χ1n) is 7.99. The highest BCUT2D eigenvalue weighted by molar-refractivity contribution is 6.30. The lowest BCUT2D eigenvalue weighted by Crippen LogP contribution is -2.44.